The Bertz CT molecular complexity index is 811. The van der Waals surface area contributed by atoms with E-state index in [-0.39, 0.29) is 10.8 Å². The number of phenols is 1. The smallest absolute Gasteiger partial charge is 0.164 e. The van der Waals surface area contributed by atoms with E-state index < -0.39 is 0 Å². The van der Waals surface area contributed by atoms with E-state index in [0.29, 0.717) is 28.0 Å². The fraction of sp³-hybridized carbons (Fsp3) is 0.188. The Balaban J connectivity index is 2.27. The molecule has 124 valence electrons. The number of halogens is 2. The second-order valence-corrected chi connectivity index (χ2v) is 6.16. The highest BCUT2D eigenvalue weighted by molar-refractivity contribution is 9.10. The summed E-state index contributed by atoms with van der Waals surface area (Å²) in [6.07, 6.45) is 1.51. The van der Waals surface area contributed by atoms with Crippen LogP contribution in [0.15, 0.2) is 27.8 Å². The minimum atomic E-state index is -0.0295. The molecule has 0 amide bonds. The zero-order valence-electron chi connectivity index (χ0n) is 13.0. The molecule has 24 heavy (non-hydrogen) atoms. The second-order valence-electron chi connectivity index (χ2n) is 4.89. The standard InChI is InChI=1S/C16H14BrClN4O2/c1-9-3-11(8-24-2)12(6-19)16(21-9)22-20-7-10-4-13(17)15(23)14(18)5-10/h3-5,7,23H,8H2,1-2H3,(H,21,22)/b20-7-. The van der Waals surface area contributed by atoms with Crippen molar-refractivity contribution >= 4 is 39.6 Å². The molecule has 6 nitrogen and oxygen atoms in total. The number of nitriles is 1. The van der Waals surface area contributed by atoms with E-state index in [1.165, 1.54) is 6.21 Å². The van der Waals surface area contributed by atoms with Crippen LogP contribution in [0.1, 0.15) is 22.4 Å². The van der Waals surface area contributed by atoms with E-state index in [9.17, 15) is 10.4 Å². The van der Waals surface area contributed by atoms with Crippen molar-refractivity contribution in [3.05, 3.63) is 50.1 Å². The maximum absolute atomic E-state index is 9.62. The summed E-state index contributed by atoms with van der Waals surface area (Å²) < 4.78 is 5.57. The Kier molecular flexibility index (Phi) is 6.15. The number of rotatable bonds is 5. The topological polar surface area (TPSA) is 90.5 Å². The van der Waals surface area contributed by atoms with Crippen LogP contribution in [0.25, 0.3) is 0 Å². The number of hydrazone groups is 1. The molecule has 0 atom stereocenters. The van der Waals surface area contributed by atoms with Crippen molar-refractivity contribution in [3.63, 3.8) is 0 Å². The number of methoxy groups -OCH3 is 1. The number of aryl methyl sites for hydroxylation is 1. The first kappa shape index (κ1) is 18.2. The summed E-state index contributed by atoms with van der Waals surface area (Å²) in [6, 6.07) is 7.14. The number of pyridine rings is 1. The highest BCUT2D eigenvalue weighted by Crippen LogP contribution is 2.32. The van der Waals surface area contributed by atoms with Crippen molar-refractivity contribution in [2.75, 3.05) is 12.5 Å². The van der Waals surface area contributed by atoms with Crippen LogP contribution in [0.2, 0.25) is 5.02 Å². The van der Waals surface area contributed by atoms with E-state index in [1.54, 1.807) is 25.3 Å². The third kappa shape index (κ3) is 4.23. The number of benzene rings is 1. The van der Waals surface area contributed by atoms with Crippen LogP contribution in [0.4, 0.5) is 5.82 Å². The molecule has 2 aromatic rings. The van der Waals surface area contributed by atoms with Crippen LogP contribution in [0.5, 0.6) is 5.75 Å². The van der Waals surface area contributed by atoms with E-state index in [4.69, 9.17) is 16.3 Å². The third-order valence-electron chi connectivity index (χ3n) is 3.06. The summed E-state index contributed by atoms with van der Waals surface area (Å²) >= 11 is 9.11. The molecule has 1 aromatic carbocycles. The molecule has 0 unspecified atom stereocenters. The molecule has 0 aliphatic carbocycles. The van der Waals surface area contributed by atoms with Gasteiger partial charge in [0, 0.05) is 18.4 Å². The lowest BCUT2D eigenvalue weighted by Crippen LogP contribution is -2.03. The van der Waals surface area contributed by atoms with Crippen molar-refractivity contribution in [1.29, 1.82) is 5.26 Å². The number of hydrogen-bond acceptors (Lipinski definition) is 6. The predicted molar refractivity (Wildman–Crippen MR) is 96.4 cm³/mol. The van der Waals surface area contributed by atoms with E-state index in [0.717, 1.165) is 11.3 Å². The zero-order valence-corrected chi connectivity index (χ0v) is 15.3. The number of phenolic OH excluding ortho intramolecular Hbond substituents is 1. The van der Waals surface area contributed by atoms with Gasteiger partial charge in [-0.25, -0.2) is 4.98 Å². The number of anilines is 1. The first-order chi connectivity index (χ1) is 11.5. The van der Waals surface area contributed by atoms with Gasteiger partial charge in [0.2, 0.25) is 0 Å². The Hall–Kier alpha value is -2.14. The predicted octanol–water partition coefficient (Wildman–Crippen LogP) is 3.98. The maximum atomic E-state index is 9.62. The lowest BCUT2D eigenvalue weighted by atomic mass is 10.1. The van der Waals surface area contributed by atoms with Crippen molar-refractivity contribution in [2.24, 2.45) is 5.10 Å². The lowest BCUT2D eigenvalue weighted by molar-refractivity contribution is 0.184. The fourth-order valence-electron chi connectivity index (χ4n) is 2.04. The van der Waals surface area contributed by atoms with Gasteiger partial charge in [0.1, 0.15) is 17.4 Å². The molecule has 1 heterocycles. The van der Waals surface area contributed by atoms with Gasteiger partial charge in [-0.1, -0.05) is 11.6 Å². The van der Waals surface area contributed by atoms with E-state index in [1.807, 2.05) is 6.92 Å². The molecule has 0 radical (unpaired) electrons. The minimum Gasteiger partial charge on any atom is -0.505 e. The van der Waals surface area contributed by atoms with Gasteiger partial charge < -0.3 is 9.84 Å². The van der Waals surface area contributed by atoms with Crippen LogP contribution >= 0.6 is 27.5 Å². The highest BCUT2D eigenvalue weighted by Gasteiger charge is 2.11. The molecule has 0 aliphatic heterocycles. The van der Waals surface area contributed by atoms with Gasteiger partial charge in [-0.15, -0.1) is 0 Å². The first-order valence-electron chi connectivity index (χ1n) is 6.83. The molecule has 0 fully saturated rings. The molecule has 0 spiro atoms. The molecule has 2 N–H and O–H groups in total. The van der Waals surface area contributed by atoms with Crippen LogP contribution in [-0.2, 0) is 11.3 Å². The number of hydrogen-bond donors (Lipinski definition) is 2. The fourth-order valence-corrected chi connectivity index (χ4v) is 2.86. The summed E-state index contributed by atoms with van der Waals surface area (Å²) in [7, 11) is 1.56. The largest absolute Gasteiger partial charge is 0.505 e. The van der Waals surface area contributed by atoms with Gasteiger partial charge in [0.05, 0.1) is 22.3 Å². The number of nitrogens with zero attached hydrogens (tertiary/aromatic N) is 3. The maximum Gasteiger partial charge on any atom is 0.164 e. The molecule has 0 saturated carbocycles. The summed E-state index contributed by atoms with van der Waals surface area (Å²) in [5.74, 6) is 0.322. The van der Waals surface area contributed by atoms with Crippen molar-refractivity contribution in [2.45, 2.75) is 13.5 Å². The van der Waals surface area contributed by atoms with Gasteiger partial charge >= 0.3 is 0 Å². The number of nitrogens with one attached hydrogen (secondary N) is 1. The van der Waals surface area contributed by atoms with Crippen LogP contribution in [0.3, 0.4) is 0 Å². The van der Waals surface area contributed by atoms with Gasteiger partial charge in [-0.05, 0) is 46.6 Å². The second kappa shape index (κ2) is 8.11. The number of aromatic hydroxyl groups is 1. The van der Waals surface area contributed by atoms with Crippen LogP contribution in [0, 0.1) is 18.3 Å². The van der Waals surface area contributed by atoms with Crippen molar-refractivity contribution in [1.82, 2.24) is 4.98 Å². The zero-order chi connectivity index (χ0) is 17.7. The molecular weight excluding hydrogens is 396 g/mol. The molecule has 0 saturated heterocycles. The summed E-state index contributed by atoms with van der Waals surface area (Å²) in [5.41, 5.74) is 5.29. The van der Waals surface area contributed by atoms with E-state index in [2.05, 4.69) is 37.5 Å². The molecule has 0 aliphatic rings. The van der Waals surface area contributed by atoms with Crippen LogP contribution < -0.4 is 5.43 Å². The van der Waals surface area contributed by atoms with Crippen molar-refractivity contribution in [3.8, 4) is 11.8 Å². The molecule has 0 bridgehead atoms. The lowest BCUT2D eigenvalue weighted by Gasteiger charge is -2.09. The van der Waals surface area contributed by atoms with Gasteiger partial charge in [-0.2, -0.15) is 10.4 Å². The average Bonchev–Trinajstić information content (AvgIpc) is 2.52. The van der Waals surface area contributed by atoms with Gasteiger partial charge in [-0.3, -0.25) is 5.43 Å². The average molecular weight is 410 g/mol. The molecule has 1 aromatic heterocycles. The molecular formula is C16H14BrClN4O2. The highest BCUT2D eigenvalue weighted by atomic mass is 79.9. The van der Waals surface area contributed by atoms with Crippen LogP contribution in [-0.4, -0.2) is 23.4 Å². The normalized spacial score (nSPS) is 10.8. The number of ether oxygens (including phenoxy) is 1. The third-order valence-corrected chi connectivity index (χ3v) is 3.96. The summed E-state index contributed by atoms with van der Waals surface area (Å²) in [4.78, 5) is 4.29. The number of aromatic nitrogens is 1. The minimum absolute atomic E-state index is 0.0295. The van der Waals surface area contributed by atoms with Gasteiger partial charge in [0.25, 0.3) is 0 Å². The quantitative estimate of drug-likeness (QED) is 0.576. The Morgan fingerprint density at radius 1 is 1.50 bits per heavy atom. The Morgan fingerprint density at radius 3 is 2.88 bits per heavy atom. The monoisotopic (exact) mass is 408 g/mol. The van der Waals surface area contributed by atoms with Crippen molar-refractivity contribution < 1.29 is 9.84 Å². The Morgan fingerprint density at radius 2 is 2.25 bits per heavy atom. The SMILES string of the molecule is COCc1cc(C)nc(N/N=C\c2cc(Cl)c(O)c(Br)c2)c1C#N. The van der Waals surface area contributed by atoms with E-state index >= 15 is 0 Å². The molecule has 2 rings (SSSR count). The summed E-state index contributed by atoms with van der Waals surface area (Å²) in [5, 5.41) is 23.3. The Labute approximate surface area is 152 Å². The molecule has 8 heteroatoms. The first-order valence-corrected chi connectivity index (χ1v) is 8.00. The summed E-state index contributed by atoms with van der Waals surface area (Å²) in [6.45, 7) is 2.14. The van der Waals surface area contributed by atoms with Gasteiger partial charge in [0.15, 0.2) is 5.82 Å².